The highest BCUT2D eigenvalue weighted by molar-refractivity contribution is 7.47. The zero-order valence-corrected chi connectivity index (χ0v) is 61.5. The highest BCUT2D eigenvalue weighted by atomic mass is 31.2. The minimum absolute atomic E-state index is 0.105. The summed E-state index contributed by atoms with van der Waals surface area (Å²) in [6.45, 7) is 7.21. The molecule has 0 aliphatic heterocycles. The molecule has 0 aromatic carbocycles. The topological polar surface area (TPSA) is 237 Å². The third kappa shape index (κ3) is 66.7. The molecule has 0 aliphatic rings. The van der Waals surface area contributed by atoms with Crippen LogP contribution in [0.1, 0.15) is 381 Å². The van der Waals surface area contributed by atoms with Gasteiger partial charge < -0.3 is 33.8 Å². The van der Waals surface area contributed by atoms with E-state index in [1.165, 1.54) is 205 Å². The number of hydrogen-bond acceptors (Lipinski definition) is 15. The molecule has 0 rings (SSSR count). The molecule has 3 N–H and O–H groups in total. The smallest absolute Gasteiger partial charge is 0.462 e. The molecule has 0 aromatic rings. The Bertz CT molecular complexity index is 1770. The van der Waals surface area contributed by atoms with Gasteiger partial charge >= 0.3 is 39.5 Å². The standard InChI is InChI=1S/C73H142O17P2/c1-6-9-12-15-18-21-23-25-26-27-28-29-30-31-32-34-37-43-48-53-58-72(77)89-68(63-84-71(76)57-52-47-42-36-33-24-22-19-16-13-10-7-2)64-87-91(79,80)85-60-67(74)61-86-92(81,82)88-65-69(62-83-70(75)56-51-46-41-35-20-17-14-11-8-3)90-73(78)59-54-49-44-39-38-40-45-50-55-66(4)5/h66-69,74H,6-65H2,1-5H3,(H,79,80)(H,81,82)/t67-,68-,69-/m1/s1. The average molecular weight is 1350 g/mol. The van der Waals surface area contributed by atoms with Crippen molar-refractivity contribution < 1.29 is 80.2 Å². The summed E-state index contributed by atoms with van der Waals surface area (Å²) in [5.74, 6) is -1.40. The number of aliphatic hydroxyl groups excluding tert-OH is 1. The molecule has 0 fully saturated rings. The van der Waals surface area contributed by atoms with Crippen LogP contribution in [0.2, 0.25) is 0 Å². The van der Waals surface area contributed by atoms with Crippen molar-refractivity contribution in [3.05, 3.63) is 0 Å². The summed E-state index contributed by atoms with van der Waals surface area (Å²) in [7, 11) is -9.90. The van der Waals surface area contributed by atoms with Gasteiger partial charge in [0.1, 0.15) is 19.3 Å². The Kier molecular flexibility index (Phi) is 64.9. The molecule has 546 valence electrons. The zero-order chi connectivity index (χ0) is 67.7. The van der Waals surface area contributed by atoms with E-state index in [1.54, 1.807) is 0 Å². The van der Waals surface area contributed by atoms with E-state index < -0.39 is 97.5 Å². The SMILES string of the molecule is CCCCCCCCCCCCCCCCCCCCCCC(=O)O[C@H](COC(=O)CCCCCCCCCCCCCC)COP(=O)(O)OC[C@@H](O)COP(=O)(O)OC[C@@H](COC(=O)CCCCCCCCCCC)OC(=O)CCCCCCCCCCC(C)C. The van der Waals surface area contributed by atoms with Gasteiger partial charge in [-0.3, -0.25) is 37.3 Å². The molecular weight excluding hydrogens is 1210 g/mol. The molecule has 19 heteroatoms. The number of carbonyl (C=O) groups is 4. The van der Waals surface area contributed by atoms with Gasteiger partial charge in [-0.1, -0.05) is 330 Å². The molecule has 0 saturated carbocycles. The first-order valence-corrected chi connectivity index (χ1v) is 41.1. The minimum atomic E-state index is -4.95. The van der Waals surface area contributed by atoms with E-state index in [1.807, 2.05) is 0 Å². The molecule has 2 unspecified atom stereocenters. The van der Waals surface area contributed by atoms with Crippen LogP contribution in [0, 0.1) is 5.92 Å². The second kappa shape index (κ2) is 66.3. The van der Waals surface area contributed by atoms with E-state index in [9.17, 15) is 43.2 Å². The monoisotopic (exact) mass is 1350 g/mol. The van der Waals surface area contributed by atoms with Gasteiger partial charge in [-0.2, -0.15) is 0 Å². The van der Waals surface area contributed by atoms with Gasteiger partial charge in [0.15, 0.2) is 12.2 Å². The van der Waals surface area contributed by atoms with Gasteiger partial charge in [0.05, 0.1) is 26.4 Å². The Balaban J connectivity index is 5.18. The van der Waals surface area contributed by atoms with Crippen LogP contribution < -0.4 is 0 Å². The summed E-state index contributed by atoms with van der Waals surface area (Å²) in [5, 5.41) is 10.6. The number of unbranched alkanes of at least 4 members (excludes halogenated alkanes) is 45. The quantitative estimate of drug-likeness (QED) is 0.0222. The lowest BCUT2D eigenvalue weighted by molar-refractivity contribution is -0.161. The molecule has 0 saturated heterocycles. The number of aliphatic hydroxyl groups is 1. The van der Waals surface area contributed by atoms with Crippen molar-refractivity contribution in [2.45, 2.75) is 400 Å². The third-order valence-electron chi connectivity index (χ3n) is 17.0. The molecule has 0 amide bonds. The summed E-state index contributed by atoms with van der Waals surface area (Å²) >= 11 is 0. The number of phosphoric ester groups is 2. The van der Waals surface area contributed by atoms with Gasteiger partial charge in [-0.05, 0) is 31.6 Å². The van der Waals surface area contributed by atoms with Crippen molar-refractivity contribution in [2.75, 3.05) is 39.6 Å². The molecule has 0 bridgehead atoms. The van der Waals surface area contributed by atoms with Crippen LogP contribution in [0.15, 0.2) is 0 Å². The van der Waals surface area contributed by atoms with Crippen LogP contribution in [0.3, 0.4) is 0 Å². The van der Waals surface area contributed by atoms with Gasteiger partial charge in [0.25, 0.3) is 0 Å². The molecule has 0 spiro atoms. The maximum Gasteiger partial charge on any atom is 0.472 e. The Morgan fingerprint density at radius 2 is 0.500 bits per heavy atom. The van der Waals surface area contributed by atoms with Crippen molar-refractivity contribution in [3.8, 4) is 0 Å². The fourth-order valence-electron chi connectivity index (χ4n) is 11.2. The lowest BCUT2D eigenvalue weighted by Crippen LogP contribution is -2.30. The van der Waals surface area contributed by atoms with Crippen molar-refractivity contribution in [2.24, 2.45) is 5.92 Å². The fourth-order valence-corrected chi connectivity index (χ4v) is 12.8. The van der Waals surface area contributed by atoms with Crippen molar-refractivity contribution >= 4 is 39.5 Å². The fraction of sp³-hybridized carbons (Fsp3) is 0.945. The molecule has 0 aliphatic carbocycles. The lowest BCUT2D eigenvalue weighted by atomic mass is 10.0. The maximum atomic E-state index is 13.0. The molecule has 17 nitrogen and oxygen atoms in total. The minimum Gasteiger partial charge on any atom is -0.462 e. The molecule has 0 heterocycles. The van der Waals surface area contributed by atoms with Crippen LogP contribution >= 0.6 is 15.6 Å². The normalized spacial score (nSPS) is 14.0. The largest absolute Gasteiger partial charge is 0.472 e. The molecule has 0 radical (unpaired) electrons. The zero-order valence-electron chi connectivity index (χ0n) is 59.7. The average Bonchev–Trinajstić information content (AvgIpc) is 1.91. The van der Waals surface area contributed by atoms with E-state index in [0.717, 1.165) is 95.8 Å². The summed E-state index contributed by atoms with van der Waals surface area (Å²) < 4.78 is 68.3. The van der Waals surface area contributed by atoms with Gasteiger partial charge in [-0.25, -0.2) is 9.13 Å². The number of hydrogen-bond donors (Lipinski definition) is 3. The Morgan fingerprint density at radius 3 is 0.739 bits per heavy atom. The number of esters is 4. The van der Waals surface area contributed by atoms with E-state index >= 15 is 0 Å². The Hall–Kier alpha value is -1.94. The van der Waals surface area contributed by atoms with Gasteiger partial charge in [-0.15, -0.1) is 0 Å². The molecule has 5 atom stereocenters. The maximum absolute atomic E-state index is 13.0. The molecular formula is C73H142O17P2. The summed E-state index contributed by atoms with van der Waals surface area (Å²) in [6, 6.07) is 0. The first-order valence-electron chi connectivity index (χ1n) is 38.1. The van der Waals surface area contributed by atoms with E-state index in [4.69, 9.17) is 37.0 Å². The van der Waals surface area contributed by atoms with E-state index in [-0.39, 0.29) is 25.7 Å². The summed E-state index contributed by atoms with van der Waals surface area (Å²) in [6.07, 6.45) is 54.2. The second-order valence-electron chi connectivity index (χ2n) is 26.8. The van der Waals surface area contributed by atoms with Crippen molar-refractivity contribution in [3.63, 3.8) is 0 Å². The van der Waals surface area contributed by atoms with Gasteiger partial charge in [0, 0.05) is 25.7 Å². The number of carbonyl (C=O) groups excluding carboxylic acids is 4. The van der Waals surface area contributed by atoms with Crippen molar-refractivity contribution in [1.29, 1.82) is 0 Å². The van der Waals surface area contributed by atoms with E-state index in [0.29, 0.717) is 25.7 Å². The Morgan fingerprint density at radius 1 is 0.293 bits per heavy atom. The van der Waals surface area contributed by atoms with Gasteiger partial charge in [0.2, 0.25) is 0 Å². The predicted octanol–water partition coefficient (Wildman–Crippen LogP) is 21.3. The van der Waals surface area contributed by atoms with Crippen molar-refractivity contribution in [1.82, 2.24) is 0 Å². The number of phosphoric acid groups is 2. The third-order valence-corrected chi connectivity index (χ3v) is 18.9. The Labute approximate surface area is 562 Å². The summed E-state index contributed by atoms with van der Waals surface area (Å²) in [4.78, 5) is 72.6. The highest BCUT2D eigenvalue weighted by Crippen LogP contribution is 2.45. The molecule has 92 heavy (non-hydrogen) atoms. The van der Waals surface area contributed by atoms with E-state index in [2.05, 4.69) is 34.6 Å². The van der Waals surface area contributed by atoms with Crippen LogP contribution in [0.4, 0.5) is 0 Å². The molecule has 0 aromatic heterocycles. The van der Waals surface area contributed by atoms with Crippen LogP contribution in [0.25, 0.3) is 0 Å². The second-order valence-corrected chi connectivity index (χ2v) is 29.7. The summed E-state index contributed by atoms with van der Waals surface area (Å²) in [5.41, 5.74) is 0. The van der Waals surface area contributed by atoms with Crippen LogP contribution in [-0.2, 0) is 65.4 Å². The predicted molar refractivity (Wildman–Crippen MR) is 372 cm³/mol. The first kappa shape index (κ1) is 90.1. The van der Waals surface area contributed by atoms with Crippen LogP contribution in [-0.4, -0.2) is 96.7 Å². The number of rotatable bonds is 73. The first-order chi connectivity index (χ1) is 44.5. The van der Waals surface area contributed by atoms with Crippen LogP contribution in [0.5, 0.6) is 0 Å². The highest BCUT2D eigenvalue weighted by Gasteiger charge is 2.30. The number of ether oxygens (including phenoxy) is 4. The lowest BCUT2D eigenvalue weighted by Gasteiger charge is -2.21.